The van der Waals surface area contributed by atoms with Gasteiger partial charge in [0, 0.05) is 18.8 Å². The van der Waals surface area contributed by atoms with E-state index in [0.29, 0.717) is 18.3 Å². The third-order valence-electron chi connectivity index (χ3n) is 6.95. The van der Waals surface area contributed by atoms with Crippen molar-refractivity contribution in [3.63, 3.8) is 0 Å². The van der Waals surface area contributed by atoms with Gasteiger partial charge in [-0.15, -0.1) is 0 Å². The zero-order valence-electron chi connectivity index (χ0n) is 22.3. The molecule has 4 nitrogen and oxygen atoms in total. The van der Waals surface area contributed by atoms with Crippen LogP contribution in [0.15, 0.2) is 24.3 Å². The number of benzene rings is 1. The second kappa shape index (κ2) is 13.4. The van der Waals surface area contributed by atoms with Crippen molar-refractivity contribution in [3.8, 4) is 0 Å². The number of carbonyl (C=O) groups excluding carboxylic acids is 1. The summed E-state index contributed by atoms with van der Waals surface area (Å²) in [6.07, 6.45) is 11.5. The number of nitrogens with one attached hydrogen (secondary N) is 1. The quantitative estimate of drug-likeness (QED) is 0.364. The Morgan fingerprint density at radius 3 is 2.27 bits per heavy atom. The molecule has 1 aliphatic rings. The van der Waals surface area contributed by atoms with Gasteiger partial charge < -0.3 is 16.0 Å². The standard InChI is InChI=1S/C29H51N3O/c1-22(2)18-19-32(21-29(5,6)31-28(33)27(30)20-23(3)4)26-16-14-25(15-17-26)13-12-24-10-8-7-9-11-24/h14-17,22-24,27H,7-13,18-21,30H2,1-6H3,(H,31,33). The van der Waals surface area contributed by atoms with E-state index in [0.717, 1.165) is 25.4 Å². The van der Waals surface area contributed by atoms with Gasteiger partial charge in [0.25, 0.3) is 0 Å². The van der Waals surface area contributed by atoms with Crippen molar-refractivity contribution >= 4 is 11.6 Å². The van der Waals surface area contributed by atoms with Crippen LogP contribution in [0.2, 0.25) is 0 Å². The molecule has 0 aromatic heterocycles. The number of hydrogen-bond acceptors (Lipinski definition) is 3. The predicted molar refractivity (Wildman–Crippen MR) is 143 cm³/mol. The summed E-state index contributed by atoms with van der Waals surface area (Å²) in [6, 6.07) is 8.73. The number of nitrogens with two attached hydrogens (primary N) is 1. The van der Waals surface area contributed by atoms with Gasteiger partial charge in [-0.2, -0.15) is 0 Å². The lowest BCUT2D eigenvalue weighted by atomic mass is 9.85. The highest BCUT2D eigenvalue weighted by Crippen LogP contribution is 2.28. The van der Waals surface area contributed by atoms with Crippen molar-refractivity contribution in [2.75, 3.05) is 18.0 Å². The highest BCUT2D eigenvalue weighted by molar-refractivity contribution is 5.82. The number of rotatable bonds is 13. The molecule has 1 aromatic rings. The largest absolute Gasteiger partial charge is 0.369 e. The molecule has 0 heterocycles. The lowest BCUT2D eigenvalue weighted by molar-refractivity contribution is -0.124. The zero-order chi connectivity index (χ0) is 24.4. The van der Waals surface area contributed by atoms with Crippen molar-refractivity contribution in [2.45, 2.75) is 111 Å². The number of hydrogen-bond donors (Lipinski definition) is 2. The Kier molecular flexibility index (Phi) is 11.2. The molecule has 1 aromatic carbocycles. The highest BCUT2D eigenvalue weighted by atomic mass is 16.2. The van der Waals surface area contributed by atoms with Gasteiger partial charge >= 0.3 is 0 Å². The van der Waals surface area contributed by atoms with Gasteiger partial charge in [-0.05, 0) is 75.0 Å². The molecule has 1 aliphatic carbocycles. The zero-order valence-corrected chi connectivity index (χ0v) is 22.3. The Labute approximate surface area is 204 Å². The summed E-state index contributed by atoms with van der Waals surface area (Å²) in [7, 11) is 0. The Morgan fingerprint density at radius 1 is 1.06 bits per heavy atom. The van der Waals surface area contributed by atoms with Crippen LogP contribution >= 0.6 is 0 Å². The fraction of sp³-hybridized carbons (Fsp3) is 0.759. The minimum absolute atomic E-state index is 0.0458. The number of carbonyl (C=O) groups is 1. The first kappa shape index (κ1) is 27.7. The summed E-state index contributed by atoms with van der Waals surface area (Å²) in [5.41, 5.74) is 8.47. The van der Waals surface area contributed by atoms with Crippen molar-refractivity contribution in [1.82, 2.24) is 5.32 Å². The maximum absolute atomic E-state index is 12.7. The van der Waals surface area contributed by atoms with Crippen molar-refractivity contribution in [3.05, 3.63) is 29.8 Å². The predicted octanol–water partition coefficient (Wildman–Crippen LogP) is 6.32. The fourth-order valence-electron chi connectivity index (χ4n) is 4.99. The summed E-state index contributed by atoms with van der Waals surface area (Å²) in [4.78, 5) is 15.1. The molecule has 3 N–H and O–H groups in total. The van der Waals surface area contributed by atoms with Crippen LogP contribution in [0.3, 0.4) is 0 Å². The molecule has 33 heavy (non-hydrogen) atoms. The van der Waals surface area contributed by atoms with Crippen molar-refractivity contribution in [1.29, 1.82) is 0 Å². The molecule has 1 amide bonds. The Bertz CT molecular complexity index is 689. The van der Waals surface area contributed by atoms with Gasteiger partial charge in [-0.25, -0.2) is 0 Å². The first-order valence-electron chi connectivity index (χ1n) is 13.5. The molecule has 1 atom stereocenters. The van der Waals surface area contributed by atoms with E-state index in [1.165, 1.54) is 56.2 Å². The Hall–Kier alpha value is -1.55. The van der Waals surface area contributed by atoms with E-state index in [2.05, 4.69) is 76.0 Å². The monoisotopic (exact) mass is 457 g/mol. The number of anilines is 1. The van der Waals surface area contributed by atoms with E-state index < -0.39 is 6.04 Å². The maximum Gasteiger partial charge on any atom is 0.237 e. The molecule has 188 valence electrons. The molecular weight excluding hydrogens is 406 g/mol. The average Bonchev–Trinajstić information content (AvgIpc) is 2.75. The molecule has 4 heteroatoms. The van der Waals surface area contributed by atoms with Gasteiger partial charge in [0.2, 0.25) is 5.91 Å². The lowest BCUT2D eigenvalue weighted by Crippen LogP contribution is -2.56. The summed E-state index contributed by atoms with van der Waals surface area (Å²) in [5, 5.41) is 3.21. The van der Waals surface area contributed by atoms with Gasteiger partial charge in [-0.1, -0.05) is 71.9 Å². The van der Waals surface area contributed by atoms with Gasteiger partial charge in [-0.3, -0.25) is 4.79 Å². The van der Waals surface area contributed by atoms with Crippen LogP contribution in [-0.4, -0.2) is 30.6 Å². The van der Waals surface area contributed by atoms with Gasteiger partial charge in [0.1, 0.15) is 0 Å². The van der Waals surface area contributed by atoms with Crippen LogP contribution in [0, 0.1) is 17.8 Å². The molecule has 0 bridgehead atoms. The van der Waals surface area contributed by atoms with Crippen molar-refractivity contribution in [2.24, 2.45) is 23.5 Å². The Morgan fingerprint density at radius 2 is 1.70 bits per heavy atom. The molecule has 1 fully saturated rings. The van der Waals surface area contributed by atoms with Crippen molar-refractivity contribution < 1.29 is 4.79 Å². The molecule has 2 rings (SSSR count). The first-order valence-corrected chi connectivity index (χ1v) is 13.5. The van der Waals surface area contributed by atoms with E-state index in [9.17, 15) is 4.79 Å². The third kappa shape index (κ3) is 10.5. The molecule has 0 radical (unpaired) electrons. The summed E-state index contributed by atoms with van der Waals surface area (Å²) in [6.45, 7) is 14.7. The van der Waals surface area contributed by atoms with Gasteiger partial charge in [0.15, 0.2) is 0 Å². The van der Waals surface area contributed by atoms with E-state index in [-0.39, 0.29) is 11.4 Å². The smallest absolute Gasteiger partial charge is 0.237 e. The van der Waals surface area contributed by atoms with E-state index in [1.54, 1.807) is 0 Å². The highest BCUT2D eigenvalue weighted by Gasteiger charge is 2.27. The third-order valence-corrected chi connectivity index (χ3v) is 6.95. The van der Waals surface area contributed by atoms with Gasteiger partial charge in [0.05, 0.1) is 11.6 Å². The fourth-order valence-corrected chi connectivity index (χ4v) is 4.99. The second-order valence-corrected chi connectivity index (χ2v) is 11.9. The van der Waals surface area contributed by atoms with E-state index in [1.807, 2.05) is 0 Å². The second-order valence-electron chi connectivity index (χ2n) is 11.9. The van der Waals surface area contributed by atoms with Crippen LogP contribution in [0.4, 0.5) is 5.69 Å². The van der Waals surface area contributed by atoms with E-state index >= 15 is 0 Å². The van der Waals surface area contributed by atoms with E-state index in [4.69, 9.17) is 5.73 Å². The normalized spacial score (nSPS) is 16.3. The lowest BCUT2D eigenvalue weighted by Gasteiger charge is -2.36. The molecule has 1 unspecified atom stereocenters. The SMILES string of the molecule is CC(C)CCN(CC(C)(C)NC(=O)C(N)CC(C)C)c1ccc(CCC2CCCCC2)cc1. The maximum atomic E-state index is 12.7. The Balaban J connectivity index is 2.01. The first-order chi connectivity index (χ1) is 15.6. The minimum Gasteiger partial charge on any atom is -0.369 e. The van der Waals surface area contributed by atoms with Crippen LogP contribution in [0.5, 0.6) is 0 Å². The number of aryl methyl sites for hydroxylation is 1. The minimum atomic E-state index is -0.447. The molecule has 0 aliphatic heterocycles. The molecular formula is C29H51N3O. The number of amides is 1. The topological polar surface area (TPSA) is 58.4 Å². The van der Waals surface area contributed by atoms with Crippen LogP contribution in [-0.2, 0) is 11.2 Å². The van der Waals surface area contributed by atoms with Crippen LogP contribution in [0.1, 0.15) is 98.5 Å². The molecule has 1 saturated carbocycles. The van der Waals surface area contributed by atoms with Crippen LogP contribution < -0.4 is 16.0 Å². The molecule has 0 saturated heterocycles. The average molecular weight is 458 g/mol. The summed E-state index contributed by atoms with van der Waals surface area (Å²) < 4.78 is 0. The number of nitrogens with zero attached hydrogens (tertiary/aromatic N) is 1. The molecule has 0 spiro atoms. The summed E-state index contributed by atoms with van der Waals surface area (Å²) >= 11 is 0. The summed E-state index contributed by atoms with van der Waals surface area (Å²) in [5.74, 6) is 1.93. The van der Waals surface area contributed by atoms with Crippen LogP contribution in [0.25, 0.3) is 0 Å².